The maximum Gasteiger partial charge on any atom is 0.142 e. The van der Waals surface area contributed by atoms with E-state index in [4.69, 9.17) is 4.84 Å². The number of oxime groups is 1. The zero-order chi connectivity index (χ0) is 13.6. The summed E-state index contributed by atoms with van der Waals surface area (Å²) in [6, 6.07) is 20.5. The first-order valence-electron chi connectivity index (χ1n) is 6.92. The van der Waals surface area contributed by atoms with E-state index in [1.54, 1.807) is 0 Å². The first-order chi connectivity index (χ1) is 9.93. The third-order valence-corrected chi connectivity index (χ3v) is 3.37. The van der Waals surface area contributed by atoms with Gasteiger partial charge in [-0.1, -0.05) is 71.9 Å². The van der Waals surface area contributed by atoms with Crippen molar-refractivity contribution in [3.05, 3.63) is 77.9 Å². The highest BCUT2D eigenvalue weighted by Crippen LogP contribution is 2.25. The fraction of sp³-hybridized carbons (Fsp3) is 0.167. The van der Waals surface area contributed by atoms with Crippen LogP contribution >= 0.6 is 0 Å². The molecule has 1 aliphatic rings. The minimum Gasteiger partial charge on any atom is -0.391 e. The van der Waals surface area contributed by atoms with Gasteiger partial charge < -0.3 is 4.84 Å². The van der Waals surface area contributed by atoms with Crippen molar-refractivity contribution >= 4 is 11.3 Å². The van der Waals surface area contributed by atoms with Crippen LogP contribution in [-0.4, -0.2) is 5.71 Å². The van der Waals surface area contributed by atoms with Gasteiger partial charge in [0, 0.05) is 5.57 Å². The number of rotatable bonds is 4. The smallest absolute Gasteiger partial charge is 0.142 e. The highest BCUT2D eigenvalue weighted by Gasteiger charge is 2.15. The number of nitrogens with zero attached hydrogens (tertiary/aromatic N) is 1. The molecule has 0 fully saturated rings. The van der Waals surface area contributed by atoms with Crippen molar-refractivity contribution in [3.8, 4) is 0 Å². The van der Waals surface area contributed by atoms with Crippen LogP contribution in [0.15, 0.2) is 71.9 Å². The van der Waals surface area contributed by atoms with Gasteiger partial charge in [0.2, 0.25) is 0 Å². The Morgan fingerprint density at radius 1 is 0.900 bits per heavy atom. The Kier molecular flexibility index (Phi) is 3.93. The molecule has 0 spiro atoms. The topological polar surface area (TPSA) is 21.6 Å². The van der Waals surface area contributed by atoms with Crippen molar-refractivity contribution in [1.29, 1.82) is 0 Å². The van der Waals surface area contributed by atoms with E-state index in [2.05, 4.69) is 35.5 Å². The summed E-state index contributed by atoms with van der Waals surface area (Å²) >= 11 is 0. The van der Waals surface area contributed by atoms with Gasteiger partial charge in [-0.15, -0.1) is 0 Å². The molecule has 2 nitrogen and oxygen atoms in total. The molecule has 0 aromatic heterocycles. The van der Waals surface area contributed by atoms with Crippen molar-refractivity contribution in [3.63, 3.8) is 0 Å². The largest absolute Gasteiger partial charge is 0.391 e. The van der Waals surface area contributed by atoms with Crippen molar-refractivity contribution in [1.82, 2.24) is 0 Å². The third-order valence-electron chi connectivity index (χ3n) is 3.37. The Hall–Kier alpha value is -2.35. The zero-order valence-corrected chi connectivity index (χ0v) is 11.3. The Morgan fingerprint density at radius 2 is 1.60 bits per heavy atom. The summed E-state index contributed by atoms with van der Waals surface area (Å²) in [6.07, 6.45) is 4.23. The Labute approximate surface area is 119 Å². The van der Waals surface area contributed by atoms with E-state index in [1.165, 1.54) is 11.1 Å². The molecule has 0 atom stereocenters. The van der Waals surface area contributed by atoms with E-state index >= 15 is 0 Å². The van der Waals surface area contributed by atoms with Gasteiger partial charge in [0.05, 0.1) is 5.71 Å². The molecule has 0 saturated carbocycles. The van der Waals surface area contributed by atoms with Crippen LogP contribution < -0.4 is 0 Å². The van der Waals surface area contributed by atoms with E-state index < -0.39 is 0 Å². The van der Waals surface area contributed by atoms with Crippen molar-refractivity contribution < 1.29 is 4.84 Å². The van der Waals surface area contributed by atoms with Crippen molar-refractivity contribution in [2.24, 2.45) is 5.16 Å². The van der Waals surface area contributed by atoms with Gasteiger partial charge >= 0.3 is 0 Å². The molecule has 1 aliphatic carbocycles. The predicted octanol–water partition coefficient (Wildman–Crippen LogP) is 4.44. The lowest BCUT2D eigenvalue weighted by atomic mass is 10.0. The fourth-order valence-electron chi connectivity index (χ4n) is 2.36. The maximum atomic E-state index is 5.50. The van der Waals surface area contributed by atoms with Gasteiger partial charge in [-0.3, -0.25) is 0 Å². The zero-order valence-electron chi connectivity index (χ0n) is 11.3. The molecule has 0 amide bonds. The van der Waals surface area contributed by atoms with Crippen LogP contribution in [0.25, 0.3) is 5.57 Å². The molecule has 0 heterocycles. The van der Waals surface area contributed by atoms with E-state index in [0.29, 0.717) is 6.61 Å². The van der Waals surface area contributed by atoms with Gasteiger partial charge in [0.15, 0.2) is 0 Å². The van der Waals surface area contributed by atoms with E-state index in [1.807, 2.05) is 36.4 Å². The summed E-state index contributed by atoms with van der Waals surface area (Å²) in [5.74, 6) is 0. The minimum absolute atomic E-state index is 0.520. The van der Waals surface area contributed by atoms with Crippen LogP contribution in [-0.2, 0) is 11.4 Å². The molecule has 0 unspecified atom stereocenters. The Bertz CT molecular complexity index is 614. The molecule has 3 rings (SSSR count). The second kappa shape index (κ2) is 6.20. The molecular weight excluding hydrogens is 246 g/mol. The van der Waals surface area contributed by atoms with E-state index in [0.717, 1.165) is 24.1 Å². The second-order valence-electron chi connectivity index (χ2n) is 4.82. The lowest BCUT2D eigenvalue weighted by Gasteiger charge is -2.05. The van der Waals surface area contributed by atoms with Gasteiger partial charge in [0.1, 0.15) is 6.61 Å². The van der Waals surface area contributed by atoms with Crippen LogP contribution in [0, 0.1) is 0 Å². The first kappa shape index (κ1) is 12.7. The monoisotopic (exact) mass is 263 g/mol. The number of hydrogen-bond donors (Lipinski definition) is 0. The van der Waals surface area contributed by atoms with Gasteiger partial charge in [-0.05, 0) is 24.0 Å². The lowest BCUT2D eigenvalue weighted by Crippen LogP contribution is -1.98. The number of hydrogen-bond acceptors (Lipinski definition) is 2. The minimum atomic E-state index is 0.520. The normalized spacial score (nSPS) is 16.2. The van der Waals surface area contributed by atoms with Crippen LogP contribution in [0.2, 0.25) is 0 Å². The average Bonchev–Trinajstić information content (AvgIpc) is 2.98. The quantitative estimate of drug-likeness (QED) is 0.747. The molecule has 0 N–H and O–H groups in total. The standard InChI is InChI=1S/C18H17NO/c1-3-8-15(9-4-1)14-20-19-18-13-7-12-17(18)16-10-5-2-6-11-16/h1-6,8-12H,7,13-14H2/b19-18+. The number of allylic oxidation sites excluding steroid dienone is 2. The van der Waals surface area contributed by atoms with E-state index in [-0.39, 0.29) is 0 Å². The highest BCUT2D eigenvalue weighted by molar-refractivity contribution is 6.25. The van der Waals surface area contributed by atoms with Crippen molar-refractivity contribution in [2.45, 2.75) is 19.4 Å². The molecule has 2 aromatic carbocycles. The van der Waals surface area contributed by atoms with Gasteiger partial charge in [-0.2, -0.15) is 0 Å². The molecule has 0 aliphatic heterocycles. The molecule has 2 aromatic rings. The highest BCUT2D eigenvalue weighted by atomic mass is 16.6. The molecule has 2 heteroatoms. The van der Waals surface area contributed by atoms with Crippen LogP contribution in [0.5, 0.6) is 0 Å². The van der Waals surface area contributed by atoms with E-state index in [9.17, 15) is 0 Å². The molecule has 100 valence electrons. The summed E-state index contributed by atoms with van der Waals surface area (Å²) < 4.78 is 0. The summed E-state index contributed by atoms with van der Waals surface area (Å²) in [6.45, 7) is 0.520. The summed E-state index contributed by atoms with van der Waals surface area (Å²) in [4.78, 5) is 5.50. The third kappa shape index (κ3) is 2.97. The van der Waals surface area contributed by atoms with Crippen LogP contribution in [0.4, 0.5) is 0 Å². The van der Waals surface area contributed by atoms with Crippen LogP contribution in [0.3, 0.4) is 0 Å². The Balaban J connectivity index is 1.68. The molecule has 0 radical (unpaired) electrons. The van der Waals surface area contributed by atoms with Gasteiger partial charge in [-0.25, -0.2) is 0 Å². The fourth-order valence-corrected chi connectivity index (χ4v) is 2.36. The predicted molar refractivity (Wildman–Crippen MR) is 82.3 cm³/mol. The van der Waals surface area contributed by atoms with Crippen molar-refractivity contribution in [2.75, 3.05) is 0 Å². The Morgan fingerprint density at radius 3 is 2.35 bits per heavy atom. The molecule has 0 bridgehead atoms. The number of benzene rings is 2. The van der Waals surface area contributed by atoms with Gasteiger partial charge in [0.25, 0.3) is 0 Å². The second-order valence-corrected chi connectivity index (χ2v) is 4.82. The van der Waals surface area contributed by atoms with Crippen LogP contribution in [0.1, 0.15) is 24.0 Å². The summed E-state index contributed by atoms with van der Waals surface area (Å²) in [5.41, 5.74) is 4.61. The molecular formula is C18H17NO. The summed E-state index contributed by atoms with van der Waals surface area (Å²) in [7, 11) is 0. The average molecular weight is 263 g/mol. The first-order valence-corrected chi connectivity index (χ1v) is 6.92. The lowest BCUT2D eigenvalue weighted by molar-refractivity contribution is 0.130. The molecule has 0 saturated heterocycles. The maximum absolute atomic E-state index is 5.50. The SMILES string of the molecule is C1=C(c2ccccc2)/C(=N/OCc2ccccc2)CC1. The molecule has 20 heavy (non-hydrogen) atoms. The summed E-state index contributed by atoms with van der Waals surface area (Å²) in [5, 5.41) is 4.32.